The summed E-state index contributed by atoms with van der Waals surface area (Å²) in [4.78, 5) is 17.7. The summed E-state index contributed by atoms with van der Waals surface area (Å²) in [6.07, 6.45) is -4.28. The average molecular weight is 429 g/mol. The van der Waals surface area contributed by atoms with E-state index >= 15 is 0 Å². The summed E-state index contributed by atoms with van der Waals surface area (Å²) < 4.78 is 41.4. The van der Waals surface area contributed by atoms with Crippen LogP contribution in [0.25, 0.3) is 10.9 Å². The third-order valence-electron chi connectivity index (χ3n) is 4.63. The van der Waals surface area contributed by atoms with Crippen LogP contribution in [0.2, 0.25) is 10.0 Å². The molecule has 0 saturated carbocycles. The van der Waals surface area contributed by atoms with Gasteiger partial charge in [-0.2, -0.15) is 0 Å². The summed E-state index contributed by atoms with van der Waals surface area (Å²) >= 11 is 11.8. The summed E-state index contributed by atoms with van der Waals surface area (Å²) in [5, 5.41) is 1.43. The summed E-state index contributed by atoms with van der Waals surface area (Å²) in [6.45, 7) is 0.752. The molecule has 0 bridgehead atoms. The van der Waals surface area contributed by atoms with Gasteiger partial charge in [0.25, 0.3) is 5.91 Å². The maximum Gasteiger partial charge on any atom is 0.573 e. The fourth-order valence-corrected chi connectivity index (χ4v) is 3.74. The number of benzene rings is 2. The molecule has 1 aliphatic heterocycles. The number of nitrogens with zero attached hydrogens (tertiary/aromatic N) is 1. The van der Waals surface area contributed by atoms with Crippen molar-refractivity contribution in [2.24, 2.45) is 0 Å². The molecule has 0 spiro atoms. The fourth-order valence-electron chi connectivity index (χ4n) is 3.41. The van der Waals surface area contributed by atoms with E-state index in [1.165, 1.54) is 12.1 Å². The van der Waals surface area contributed by atoms with Crippen LogP contribution in [-0.4, -0.2) is 28.7 Å². The number of carbonyl (C=O) groups excluding carboxylic acids is 1. The highest BCUT2D eigenvalue weighted by Crippen LogP contribution is 2.33. The first-order valence-corrected chi connectivity index (χ1v) is 9.10. The van der Waals surface area contributed by atoms with E-state index < -0.39 is 18.0 Å². The Morgan fingerprint density at radius 3 is 2.68 bits per heavy atom. The standard InChI is InChI=1S/C19H13Cl2F3N2O2/c20-11-2-4-15-13(8-11)12-5-6-26(9-16(12)25-15)18(27)10-1-3-14(21)17(7-10)28-19(22,23)24/h1-4,7-8,25H,5-6,9H2. The third-order valence-corrected chi connectivity index (χ3v) is 5.18. The molecule has 0 aliphatic carbocycles. The van der Waals surface area contributed by atoms with Crippen molar-refractivity contribution in [2.45, 2.75) is 19.3 Å². The van der Waals surface area contributed by atoms with Gasteiger partial charge in [-0.3, -0.25) is 4.79 Å². The van der Waals surface area contributed by atoms with Crippen molar-refractivity contribution in [2.75, 3.05) is 6.54 Å². The lowest BCUT2D eigenvalue weighted by Crippen LogP contribution is -2.35. The van der Waals surface area contributed by atoms with Crippen LogP contribution in [0.3, 0.4) is 0 Å². The SMILES string of the molecule is O=C(c1ccc(Cl)c(OC(F)(F)F)c1)N1CCc2c([nH]c3ccc(Cl)cc23)C1. The predicted octanol–water partition coefficient (Wildman–Crippen LogP) is 5.57. The second kappa shape index (κ2) is 6.90. The van der Waals surface area contributed by atoms with E-state index in [4.69, 9.17) is 23.2 Å². The van der Waals surface area contributed by atoms with Crippen molar-refractivity contribution in [1.82, 2.24) is 9.88 Å². The Kier molecular flexibility index (Phi) is 4.67. The smallest absolute Gasteiger partial charge is 0.404 e. The Balaban J connectivity index is 1.60. The molecule has 2 aromatic carbocycles. The molecule has 3 aromatic rings. The number of amides is 1. The first-order chi connectivity index (χ1) is 13.2. The quantitative estimate of drug-likeness (QED) is 0.579. The van der Waals surface area contributed by atoms with Gasteiger partial charge in [0, 0.05) is 33.7 Å². The number of hydrogen-bond donors (Lipinski definition) is 1. The van der Waals surface area contributed by atoms with Crippen LogP contribution in [0.15, 0.2) is 36.4 Å². The molecule has 4 rings (SSSR count). The van der Waals surface area contributed by atoms with Gasteiger partial charge < -0.3 is 14.6 Å². The van der Waals surface area contributed by atoms with Gasteiger partial charge in [0.2, 0.25) is 0 Å². The molecule has 1 aromatic heterocycles. The highest BCUT2D eigenvalue weighted by atomic mass is 35.5. The maximum atomic E-state index is 12.8. The maximum absolute atomic E-state index is 12.8. The van der Waals surface area contributed by atoms with E-state index in [0.717, 1.165) is 28.2 Å². The molecule has 1 amide bonds. The Bertz CT molecular complexity index is 1080. The Morgan fingerprint density at radius 1 is 1.14 bits per heavy atom. The van der Waals surface area contributed by atoms with Gasteiger partial charge >= 0.3 is 6.36 Å². The lowest BCUT2D eigenvalue weighted by atomic mass is 10.0. The minimum Gasteiger partial charge on any atom is -0.404 e. The summed E-state index contributed by atoms with van der Waals surface area (Å²) in [7, 11) is 0. The van der Waals surface area contributed by atoms with Gasteiger partial charge in [-0.05, 0) is 48.4 Å². The van der Waals surface area contributed by atoms with E-state index in [2.05, 4.69) is 9.72 Å². The summed E-state index contributed by atoms with van der Waals surface area (Å²) in [5.41, 5.74) is 2.98. The Morgan fingerprint density at radius 2 is 1.93 bits per heavy atom. The lowest BCUT2D eigenvalue weighted by Gasteiger charge is -2.27. The Labute approximate surface area is 167 Å². The molecule has 0 atom stereocenters. The van der Waals surface area contributed by atoms with E-state index in [1.807, 2.05) is 12.1 Å². The number of fused-ring (bicyclic) bond motifs is 3. The van der Waals surface area contributed by atoms with Crippen LogP contribution in [0.4, 0.5) is 13.2 Å². The van der Waals surface area contributed by atoms with Crippen LogP contribution < -0.4 is 4.74 Å². The molecule has 0 saturated heterocycles. The minimum absolute atomic E-state index is 0.0752. The largest absolute Gasteiger partial charge is 0.573 e. The van der Waals surface area contributed by atoms with Gasteiger partial charge in [-0.25, -0.2) is 0 Å². The van der Waals surface area contributed by atoms with E-state index in [1.54, 1.807) is 11.0 Å². The summed E-state index contributed by atoms with van der Waals surface area (Å²) in [6, 6.07) is 9.15. The van der Waals surface area contributed by atoms with Crippen LogP contribution in [0.5, 0.6) is 5.75 Å². The molecule has 9 heteroatoms. The van der Waals surface area contributed by atoms with E-state index in [-0.39, 0.29) is 10.6 Å². The molecular formula is C19H13Cl2F3N2O2. The van der Waals surface area contributed by atoms with E-state index in [9.17, 15) is 18.0 Å². The molecule has 4 nitrogen and oxygen atoms in total. The number of hydrogen-bond acceptors (Lipinski definition) is 2. The first-order valence-electron chi connectivity index (χ1n) is 8.35. The number of halogens is 5. The molecule has 0 fully saturated rings. The van der Waals surface area contributed by atoms with Crippen LogP contribution in [-0.2, 0) is 13.0 Å². The van der Waals surface area contributed by atoms with Crippen LogP contribution in [0.1, 0.15) is 21.6 Å². The van der Waals surface area contributed by atoms with Crippen molar-refractivity contribution in [3.8, 4) is 5.75 Å². The second-order valence-electron chi connectivity index (χ2n) is 6.44. The number of aromatic amines is 1. The molecule has 146 valence electrons. The lowest BCUT2D eigenvalue weighted by molar-refractivity contribution is -0.274. The van der Waals surface area contributed by atoms with Gasteiger partial charge in [0.1, 0.15) is 5.75 Å². The van der Waals surface area contributed by atoms with Crippen LogP contribution in [0, 0.1) is 0 Å². The van der Waals surface area contributed by atoms with Gasteiger partial charge in [0.15, 0.2) is 0 Å². The van der Waals surface area contributed by atoms with Crippen LogP contribution >= 0.6 is 23.2 Å². The molecule has 1 N–H and O–H groups in total. The molecule has 1 aliphatic rings. The molecular weight excluding hydrogens is 416 g/mol. The number of ether oxygens (including phenoxy) is 1. The number of nitrogens with one attached hydrogen (secondary N) is 1. The highest BCUT2D eigenvalue weighted by molar-refractivity contribution is 6.32. The zero-order chi connectivity index (χ0) is 20.1. The first kappa shape index (κ1) is 19.0. The van der Waals surface area contributed by atoms with Gasteiger partial charge in [-0.15, -0.1) is 13.2 Å². The number of rotatable bonds is 2. The minimum atomic E-state index is -4.89. The molecule has 28 heavy (non-hydrogen) atoms. The van der Waals surface area contributed by atoms with Gasteiger partial charge in [-0.1, -0.05) is 23.2 Å². The second-order valence-corrected chi connectivity index (χ2v) is 7.29. The van der Waals surface area contributed by atoms with Crippen molar-refractivity contribution in [3.63, 3.8) is 0 Å². The average Bonchev–Trinajstić information content (AvgIpc) is 2.99. The predicted molar refractivity (Wildman–Crippen MR) is 99.9 cm³/mol. The van der Waals surface area contributed by atoms with E-state index in [0.29, 0.717) is 24.5 Å². The Hall–Kier alpha value is -2.38. The van der Waals surface area contributed by atoms with Crippen molar-refractivity contribution >= 4 is 40.0 Å². The van der Waals surface area contributed by atoms with Crippen molar-refractivity contribution < 1.29 is 22.7 Å². The molecule has 2 heterocycles. The van der Waals surface area contributed by atoms with Crippen molar-refractivity contribution in [3.05, 3.63) is 63.3 Å². The normalized spacial score (nSPS) is 14.2. The zero-order valence-corrected chi connectivity index (χ0v) is 15.8. The monoisotopic (exact) mass is 428 g/mol. The molecule has 0 radical (unpaired) electrons. The summed E-state index contributed by atoms with van der Waals surface area (Å²) in [5.74, 6) is -0.996. The topological polar surface area (TPSA) is 45.3 Å². The third kappa shape index (κ3) is 3.64. The number of carbonyl (C=O) groups is 1. The molecule has 0 unspecified atom stereocenters. The van der Waals surface area contributed by atoms with Crippen molar-refractivity contribution in [1.29, 1.82) is 0 Å². The van der Waals surface area contributed by atoms with Gasteiger partial charge in [0.05, 0.1) is 11.6 Å². The number of alkyl halides is 3. The number of H-pyrrole nitrogens is 1. The zero-order valence-electron chi connectivity index (χ0n) is 14.2. The highest BCUT2D eigenvalue weighted by Gasteiger charge is 2.33. The fraction of sp³-hybridized carbons (Fsp3) is 0.211. The number of aromatic nitrogens is 1.